The fourth-order valence-corrected chi connectivity index (χ4v) is 1.31. The second-order valence-electron chi connectivity index (χ2n) is 3.43. The molecule has 0 aliphatic carbocycles. The van der Waals surface area contributed by atoms with Crippen LogP contribution in [0.4, 0.5) is 18.9 Å². The molecule has 0 fully saturated rings. The smallest absolute Gasteiger partial charge is 0.360 e. The van der Waals surface area contributed by atoms with Crippen molar-refractivity contribution in [1.82, 2.24) is 4.98 Å². The van der Waals surface area contributed by atoms with Crippen LogP contribution >= 0.6 is 0 Å². The number of nitrogens with one attached hydrogen (secondary N) is 1. The summed E-state index contributed by atoms with van der Waals surface area (Å²) in [4.78, 5) is 6.96. The summed E-state index contributed by atoms with van der Waals surface area (Å²) in [5, 5.41) is 0. The van der Waals surface area contributed by atoms with Gasteiger partial charge in [-0.25, -0.2) is 0 Å². The molecule has 88 valence electrons. The number of H-pyrrole nitrogens is 1. The molecule has 0 radical (unpaired) electrons. The van der Waals surface area contributed by atoms with E-state index in [0.717, 1.165) is 17.8 Å². The van der Waals surface area contributed by atoms with E-state index in [4.69, 9.17) is 0 Å². The molecule has 17 heavy (non-hydrogen) atoms. The van der Waals surface area contributed by atoms with Crippen molar-refractivity contribution in [2.75, 3.05) is 0 Å². The summed E-state index contributed by atoms with van der Waals surface area (Å²) in [6.45, 7) is 0. The number of nitrogens with zero attached hydrogens (tertiary/aromatic N) is 1. The van der Waals surface area contributed by atoms with Crippen LogP contribution in [0.15, 0.2) is 47.6 Å². The average molecular weight is 238 g/mol. The molecule has 0 amide bonds. The Balaban J connectivity index is 2.14. The number of aliphatic imine (C=N–C) groups is 1. The van der Waals surface area contributed by atoms with Crippen LogP contribution in [-0.2, 0) is 6.18 Å². The lowest BCUT2D eigenvalue weighted by Crippen LogP contribution is -2.03. The van der Waals surface area contributed by atoms with Crippen LogP contribution in [0.3, 0.4) is 0 Å². The van der Waals surface area contributed by atoms with Crippen molar-refractivity contribution in [3.63, 3.8) is 0 Å². The van der Waals surface area contributed by atoms with Gasteiger partial charge in [0, 0.05) is 6.20 Å². The van der Waals surface area contributed by atoms with Crippen molar-refractivity contribution >= 4 is 11.9 Å². The summed E-state index contributed by atoms with van der Waals surface area (Å²) in [6, 6.07) is 8.33. The van der Waals surface area contributed by atoms with Crippen molar-refractivity contribution < 1.29 is 13.2 Å². The third kappa shape index (κ3) is 2.96. The van der Waals surface area contributed by atoms with E-state index in [2.05, 4.69) is 9.98 Å². The SMILES string of the molecule is FC(F)(F)c1ccc(/N=C/c2ccc[nH]2)cc1. The number of hydrogen-bond acceptors (Lipinski definition) is 1. The molecule has 1 N–H and O–H groups in total. The number of rotatable bonds is 2. The van der Waals surface area contributed by atoms with Gasteiger partial charge in [-0.3, -0.25) is 4.99 Å². The van der Waals surface area contributed by atoms with Gasteiger partial charge in [0.05, 0.1) is 23.2 Å². The van der Waals surface area contributed by atoms with Crippen LogP contribution in [0, 0.1) is 0 Å². The van der Waals surface area contributed by atoms with Gasteiger partial charge in [0.1, 0.15) is 0 Å². The van der Waals surface area contributed by atoms with Crippen LogP contribution in [-0.4, -0.2) is 11.2 Å². The molecular formula is C12H9F3N2. The van der Waals surface area contributed by atoms with E-state index in [-0.39, 0.29) is 0 Å². The zero-order valence-electron chi connectivity index (χ0n) is 8.70. The highest BCUT2D eigenvalue weighted by Gasteiger charge is 2.29. The molecule has 2 aromatic rings. The van der Waals surface area contributed by atoms with Crippen LogP contribution in [0.5, 0.6) is 0 Å². The van der Waals surface area contributed by atoms with Gasteiger partial charge in [-0.05, 0) is 36.4 Å². The topological polar surface area (TPSA) is 28.1 Å². The van der Waals surface area contributed by atoms with Gasteiger partial charge in [0.15, 0.2) is 0 Å². The van der Waals surface area contributed by atoms with Gasteiger partial charge in [-0.1, -0.05) is 0 Å². The second kappa shape index (κ2) is 4.45. The fraction of sp³-hybridized carbons (Fsp3) is 0.0833. The van der Waals surface area contributed by atoms with Gasteiger partial charge in [-0.15, -0.1) is 0 Å². The molecule has 0 saturated heterocycles. The Morgan fingerprint density at radius 2 is 1.76 bits per heavy atom. The van der Waals surface area contributed by atoms with E-state index in [1.807, 2.05) is 12.1 Å². The third-order valence-electron chi connectivity index (χ3n) is 2.17. The lowest BCUT2D eigenvalue weighted by atomic mass is 10.2. The van der Waals surface area contributed by atoms with E-state index in [1.165, 1.54) is 12.1 Å². The minimum Gasteiger partial charge on any atom is -0.360 e. The van der Waals surface area contributed by atoms with E-state index in [1.54, 1.807) is 12.4 Å². The lowest BCUT2D eigenvalue weighted by molar-refractivity contribution is -0.137. The highest BCUT2D eigenvalue weighted by atomic mass is 19.4. The highest BCUT2D eigenvalue weighted by molar-refractivity contribution is 5.79. The second-order valence-corrected chi connectivity index (χ2v) is 3.43. The van der Waals surface area contributed by atoms with Crippen molar-refractivity contribution in [3.05, 3.63) is 53.9 Å². The van der Waals surface area contributed by atoms with E-state index >= 15 is 0 Å². The first kappa shape index (κ1) is 11.4. The van der Waals surface area contributed by atoms with Gasteiger partial charge < -0.3 is 4.98 Å². The Kier molecular flexibility index (Phi) is 2.99. The largest absolute Gasteiger partial charge is 0.416 e. The lowest BCUT2D eigenvalue weighted by Gasteiger charge is -2.05. The molecule has 1 aromatic heterocycles. The first-order valence-electron chi connectivity index (χ1n) is 4.90. The summed E-state index contributed by atoms with van der Waals surface area (Å²) in [5.41, 5.74) is 0.605. The Bertz CT molecular complexity index is 496. The molecule has 1 heterocycles. The minimum absolute atomic E-state index is 0.479. The number of aromatic amines is 1. The summed E-state index contributed by atoms with van der Waals surface area (Å²) < 4.78 is 36.9. The van der Waals surface area contributed by atoms with E-state index in [0.29, 0.717) is 5.69 Å². The molecule has 2 nitrogen and oxygen atoms in total. The van der Waals surface area contributed by atoms with Gasteiger partial charge in [0.25, 0.3) is 0 Å². The maximum absolute atomic E-state index is 12.3. The van der Waals surface area contributed by atoms with Gasteiger partial charge >= 0.3 is 6.18 Å². The van der Waals surface area contributed by atoms with E-state index in [9.17, 15) is 13.2 Å². The summed E-state index contributed by atoms with van der Waals surface area (Å²) in [5.74, 6) is 0. The van der Waals surface area contributed by atoms with Crippen LogP contribution in [0.1, 0.15) is 11.3 Å². The molecule has 1 aromatic carbocycles. The van der Waals surface area contributed by atoms with Crippen molar-refractivity contribution in [1.29, 1.82) is 0 Å². The molecule has 0 bridgehead atoms. The Labute approximate surface area is 95.8 Å². The molecule has 2 rings (SSSR count). The van der Waals surface area contributed by atoms with Crippen LogP contribution in [0.25, 0.3) is 0 Å². The van der Waals surface area contributed by atoms with Crippen molar-refractivity contribution in [2.45, 2.75) is 6.18 Å². The molecule has 0 saturated carbocycles. The molecule has 0 aliphatic heterocycles. The van der Waals surface area contributed by atoms with Crippen molar-refractivity contribution in [2.24, 2.45) is 4.99 Å². The quantitative estimate of drug-likeness (QED) is 0.771. The zero-order valence-corrected chi connectivity index (χ0v) is 8.70. The first-order valence-corrected chi connectivity index (χ1v) is 4.90. The molecule has 0 aliphatic rings. The minimum atomic E-state index is -4.30. The molecule has 0 atom stereocenters. The van der Waals surface area contributed by atoms with Gasteiger partial charge in [0.2, 0.25) is 0 Å². The van der Waals surface area contributed by atoms with Crippen molar-refractivity contribution in [3.8, 4) is 0 Å². The predicted molar refractivity (Wildman–Crippen MR) is 59.5 cm³/mol. The molecule has 5 heteroatoms. The Hall–Kier alpha value is -2.04. The number of halogens is 3. The standard InChI is InChI=1S/C12H9F3N2/c13-12(14,15)9-3-5-10(6-4-9)17-8-11-2-1-7-16-11/h1-8,16H/b17-8+. The molecular weight excluding hydrogens is 229 g/mol. The third-order valence-corrected chi connectivity index (χ3v) is 2.17. The summed E-state index contributed by atoms with van der Waals surface area (Å²) in [6.07, 6.45) is -1.00. The van der Waals surface area contributed by atoms with E-state index < -0.39 is 11.7 Å². The summed E-state index contributed by atoms with van der Waals surface area (Å²) in [7, 11) is 0. The number of aromatic nitrogens is 1. The van der Waals surface area contributed by atoms with Crippen LogP contribution in [0.2, 0.25) is 0 Å². The van der Waals surface area contributed by atoms with Gasteiger partial charge in [-0.2, -0.15) is 13.2 Å². The number of alkyl halides is 3. The monoisotopic (exact) mass is 238 g/mol. The highest BCUT2D eigenvalue weighted by Crippen LogP contribution is 2.30. The summed E-state index contributed by atoms with van der Waals surface area (Å²) >= 11 is 0. The Morgan fingerprint density at radius 1 is 1.06 bits per heavy atom. The number of hydrogen-bond donors (Lipinski definition) is 1. The molecule has 0 spiro atoms. The maximum Gasteiger partial charge on any atom is 0.416 e. The maximum atomic E-state index is 12.3. The zero-order chi connectivity index (χ0) is 12.3. The molecule has 0 unspecified atom stereocenters. The predicted octanol–water partition coefficient (Wildman–Crippen LogP) is 3.78. The fourth-order valence-electron chi connectivity index (χ4n) is 1.31. The Morgan fingerprint density at radius 3 is 2.29 bits per heavy atom. The number of benzene rings is 1. The van der Waals surface area contributed by atoms with Crippen LogP contribution < -0.4 is 0 Å². The average Bonchev–Trinajstić information content (AvgIpc) is 2.78. The normalized spacial score (nSPS) is 12.2. The first-order chi connectivity index (χ1) is 8.05.